The zero-order valence-electron chi connectivity index (χ0n) is 18.8. The van der Waals surface area contributed by atoms with E-state index in [2.05, 4.69) is 10.6 Å². The minimum absolute atomic E-state index is 0.0381. The molecule has 2 aromatic carbocycles. The van der Waals surface area contributed by atoms with Gasteiger partial charge in [0, 0.05) is 18.2 Å². The van der Waals surface area contributed by atoms with E-state index in [0.29, 0.717) is 30.0 Å². The number of carbonyl (C=O) groups is 2. The van der Waals surface area contributed by atoms with Crippen LogP contribution in [0.1, 0.15) is 65.3 Å². The quantitative estimate of drug-likeness (QED) is 0.756. The van der Waals surface area contributed by atoms with E-state index in [0.717, 1.165) is 42.5 Å². The summed E-state index contributed by atoms with van der Waals surface area (Å²) in [6, 6.07) is 11.9. The number of benzene rings is 2. The van der Waals surface area contributed by atoms with Crippen molar-refractivity contribution in [1.29, 1.82) is 0 Å². The summed E-state index contributed by atoms with van der Waals surface area (Å²) in [5.41, 5.74) is 3.66. The summed E-state index contributed by atoms with van der Waals surface area (Å²) in [5, 5.41) is 6.67. The van der Waals surface area contributed by atoms with Gasteiger partial charge in [-0.3, -0.25) is 9.59 Å². The largest absolute Gasteiger partial charge is 0.453 e. The first-order valence-electron chi connectivity index (χ1n) is 12.0. The normalized spacial score (nSPS) is 26.2. The Bertz CT molecular complexity index is 1100. The molecule has 33 heavy (non-hydrogen) atoms. The minimum atomic E-state index is -0.174. The molecule has 7 nitrogen and oxygen atoms in total. The molecule has 0 unspecified atom stereocenters. The second-order valence-corrected chi connectivity index (χ2v) is 9.51. The van der Waals surface area contributed by atoms with Crippen molar-refractivity contribution in [3.8, 4) is 11.5 Å². The Morgan fingerprint density at radius 1 is 1.21 bits per heavy atom. The zero-order valence-corrected chi connectivity index (χ0v) is 18.8. The first kappa shape index (κ1) is 20.5. The predicted molar refractivity (Wildman–Crippen MR) is 122 cm³/mol. The maximum atomic E-state index is 13.3. The van der Waals surface area contributed by atoms with Crippen LogP contribution in [0.5, 0.6) is 11.5 Å². The Balaban J connectivity index is 1.34. The third kappa shape index (κ3) is 3.37. The zero-order chi connectivity index (χ0) is 22.5. The van der Waals surface area contributed by atoms with E-state index in [1.807, 2.05) is 48.2 Å². The number of nitrogens with one attached hydrogen (secondary N) is 2. The summed E-state index contributed by atoms with van der Waals surface area (Å²) in [7, 11) is 0. The number of rotatable bonds is 3. The maximum Gasteiger partial charge on any atom is 0.255 e. The van der Waals surface area contributed by atoms with Gasteiger partial charge in [0.1, 0.15) is 0 Å². The first-order valence-corrected chi connectivity index (χ1v) is 12.0. The topological polar surface area (TPSA) is 79.9 Å². The number of piperidine rings is 2. The number of hydrogen-bond donors (Lipinski definition) is 2. The number of nitrogens with zero attached hydrogens (tertiary/aromatic N) is 1. The molecule has 172 valence electrons. The third-order valence-corrected chi connectivity index (χ3v) is 7.65. The van der Waals surface area contributed by atoms with Crippen molar-refractivity contribution in [3.05, 3.63) is 58.7 Å². The lowest BCUT2D eigenvalue weighted by atomic mass is 9.76. The summed E-state index contributed by atoms with van der Waals surface area (Å²) in [4.78, 5) is 28.6. The highest BCUT2D eigenvalue weighted by molar-refractivity contribution is 5.99. The molecule has 4 aliphatic heterocycles. The average molecular weight is 448 g/mol. The van der Waals surface area contributed by atoms with Gasteiger partial charge >= 0.3 is 0 Å². The molecule has 2 fully saturated rings. The van der Waals surface area contributed by atoms with Crippen LogP contribution in [0.25, 0.3) is 0 Å². The molecule has 4 atom stereocenters. The number of ether oxygens (including phenoxy) is 2. The van der Waals surface area contributed by atoms with Crippen molar-refractivity contribution in [2.24, 2.45) is 5.92 Å². The summed E-state index contributed by atoms with van der Waals surface area (Å²) in [6.07, 6.45) is 3.60. The van der Waals surface area contributed by atoms with Crippen LogP contribution in [0.2, 0.25) is 0 Å². The van der Waals surface area contributed by atoms with Crippen LogP contribution >= 0.6 is 0 Å². The molecule has 0 radical (unpaired) electrons. The lowest BCUT2D eigenvalue weighted by Crippen LogP contribution is -2.57. The molecule has 0 bridgehead atoms. The lowest BCUT2D eigenvalue weighted by molar-refractivity contribution is -0.145. The van der Waals surface area contributed by atoms with E-state index < -0.39 is 0 Å². The van der Waals surface area contributed by atoms with Gasteiger partial charge in [-0.05, 0) is 56.3 Å². The van der Waals surface area contributed by atoms with Crippen molar-refractivity contribution in [3.63, 3.8) is 0 Å². The van der Waals surface area contributed by atoms with Crippen molar-refractivity contribution >= 4 is 11.8 Å². The summed E-state index contributed by atoms with van der Waals surface area (Å²) < 4.78 is 11.8. The molecule has 0 aliphatic carbocycles. The van der Waals surface area contributed by atoms with Crippen LogP contribution in [-0.2, 0) is 11.2 Å². The van der Waals surface area contributed by atoms with Gasteiger partial charge in [0.05, 0.1) is 23.6 Å². The van der Waals surface area contributed by atoms with Crippen LogP contribution < -0.4 is 20.1 Å². The average Bonchev–Trinajstić information content (AvgIpc) is 3.34. The summed E-state index contributed by atoms with van der Waals surface area (Å²) in [6.45, 7) is 3.71. The molecule has 4 heterocycles. The van der Waals surface area contributed by atoms with Crippen molar-refractivity contribution in [2.75, 3.05) is 19.9 Å². The SMILES string of the molecule is C[C@@H](NC(=O)c1cc2c(c3c1OCO3)[C@H]1C[C@H]3NCCC[C@H]3C(=O)N1CC2)c1ccccc1. The molecule has 7 heteroatoms. The number of fused-ring (bicyclic) bond motifs is 6. The molecular weight excluding hydrogens is 418 g/mol. The van der Waals surface area contributed by atoms with E-state index in [1.54, 1.807) is 0 Å². The molecule has 2 N–H and O–H groups in total. The summed E-state index contributed by atoms with van der Waals surface area (Å²) >= 11 is 0. The van der Waals surface area contributed by atoms with Gasteiger partial charge in [0.2, 0.25) is 12.7 Å². The molecule has 0 aromatic heterocycles. The van der Waals surface area contributed by atoms with Gasteiger partial charge in [-0.1, -0.05) is 30.3 Å². The van der Waals surface area contributed by atoms with Crippen LogP contribution in [0.15, 0.2) is 36.4 Å². The Morgan fingerprint density at radius 2 is 2.03 bits per heavy atom. The fourth-order valence-electron chi connectivity index (χ4n) is 5.99. The first-order chi connectivity index (χ1) is 16.1. The van der Waals surface area contributed by atoms with Crippen LogP contribution in [-0.4, -0.2) is 42.6 Å². The molecule has 2 aromatic rings. The van der Waals surface area contributed by atoms with Gasteiger partial charge in [-0.25, -0.2) is 0 Å². The molecule has 2 saturated heterocycles. The van der Waals surface area contributed by atoms with Crippen molar-refractivity contribution in [1.82, 2.24) is 15.5 Å². The Labute approximate surface area is 193 Å². The Morgan fingerprint density at radius 3 is 2.88 bits per heavy atom. The van der Waals surface area contributed by atoms with Crippen LogP contribution in [0.3, 0.4) is 0 Å². The highest BCUT2D eigenvalue weighted by Crippen LogP contribution is 2.50. The Hall–Kier alpha value is -3.06. The number of hydrogen-bond acceptors (Lipinski definition) is 5. The lowest BCUT2D eigenvalue weighted by Gasteiger charge is -2.48. The number of amides is 2. The van der Waals surface area contributed by atoms with Gasteiger partial charge in [-0.15, -0.1) is 0 Å². The monoisotopic (exact) mass is 447 g/mol. The fourth-order valence-corrected chi connectivity index (χ4v) is 5.99. The molecule has 4 aliphatic rings. The molecular formula is C26H29N3O4. The van der Waals surface area contributed by atoms with Crippen molar-refractivity contribution in [2.45, 2.75) is 50.7 Å². The smallest absolute Gasteiger partial charge is 0.255 e. The van der Waals surface area contributed by atoms with E-state index in [1.165, 1.54) is 0 Å². The van der Waals surface area contributed by atoms with E-state index in [4.69, 9.17) is 9.47 Å². The van der Waals surface area contributed by atoms with Crippen LogP contribution in [0.4, 0.5) is 0 Å². The maximum absolute atomic E-state index is 13.3. The van der Waals surface area contributed by atoms with E-state index in [-0.39, 0.29) is 42.7 Å². The van der Waals surface area contributed by atoms with Gasteiger partial charge in [0.15, 0.2) is 11.5 Å². The fraction of sp³-hybridized carbons (Fsp3) is 0.462. The highest BCUT2D eigenvalue weighted by atomic mass is 16.7. The van der Waals surface area contributed by atoms with E-state index in [9.17, 15) is 9.59 Å². The minimum Gasteiger partial charge on any atom is -0.453 e. The predicted octanol–water partition coefficient (Wildman–Crippen LogP) is 3.10. The van der Waals surface area contributed by atoms with E-state index >= 15 is 0 Å². The molecule has 6 rings (SSSR count). The van der Waals surface area contributed by atoms with Crippen molar-refractivity contribution < 1.29 is 19.1 Å². The second kappa shape index (κ2) is 8.06. The third-order valence-electron chi connectivity index (χ3n) is 7.65. The van der Waals surface area contributed by atoms with Gasteiger partial charge in [-0.2, -0.15) is 0 Å². The van der Waals surface area contributed by atoms with Crippen LogP contribution in [0, 0.1) is 5.92 Å². The molecule has 2 amide bonds. The molecule has 0 saturated carbocycles. The van der Waals surface area contributed by atoms with Gasteiger partial charge < -0.3 is 25.0 Å². The molecule has 0 spiro atoms. The summed E-state index contributed by atoms with van der Waals surface area (Å²) in [5.74, 6) is 1.29. The van der Waals surface area contributed by atoms with Gasteiger partial charge in [0.25, 0.3) is 5.91 Å². The highest BCUT2D eigenvalue weighted by Gasteiger charge is 2.47. The second-order valence-electron chi connectivity index (χ2n) is 9.51. The standard InChI is InChI=1S/C26H29N3O4/c1-15(16-6-3-2-4-7-16)28-25(30)19-12-17-9-11-29-21(22(17)24-23(19)32-14-33-24)13-20-18(26(29)31)8-5-10-27-20/h2-4,6-7,12,15,18,20-21,27H,5,8-11,13-14H2,1H3,(H,28,30)/t15-,18-,20-,21-/m1/s1. The number of carbonyl (C=O) groups excluding carboxylic acids is 2. The Kier molecular flexibility index (Phi) is 5.02.